The number of nitriles is 1. The number of carbonyl (C=O) groups is 1. The smallest absolute Gasteiger partial charge is 0.158 e. The molecular weight excluding hydrogens is 318 g/mol. The molecule has 0 saturated heterocycles. The van der Waals surface area contributed by atoms with Crippen molar-refractivity contribution in [2.45, 2.75) is 91.9 Å². The normalized spacial score (nSPS) is 42.7. The molecule has 4 rings (SSSR count). The van der Waals surface area contributed by atoms with E-state index in [1.165, 1.54) is 44.1 Å². The molecule has 4 aliphatic carbocycles. The third kappa shape index (κ3) is 2.61. The molecule has 3 fully saturated rings. The predicted octanol–water partition coefficient (Wildman–Crippen LogP) is 6.22. The van der Waals surface area contributed by atoms with Gasteiger partial charge in [0.15, 0.2) is 5.78 Å². The lowest BCUT2D eigenvalue weighted by Crippen LogP contribution is -2.50. The number of hydrogen-bond donors (Lipinski definition) is 0. The largest absolute Gasteiger partial charge is 0.295 e. The first-order valence-electron chi connectivity index (χ1n) is 10.9. The maximum Gasteiger partial charge on any atom is 0.158 e. The third-order valence-electron chi connectivity index (χ3n) is 8.95. The SMILES string of the molecule is CC(C)(C#N)CC1=C2CCC3C4CCCC4(C)CCC3C2(C)CCC1=O. The summed E-state index contributed by atoms with van der Waals surface area (Å²) in [4.78, 5) is 12.8. The van der Waals surface area contributed by atoms with Crippen LogP contribution in [0.4, 0.5) is 0 Å². The van der Waals surface area contributed by atoms with Crippen LogP contribution in [0.1, 0.15) is 91.9 Å². The quantitative estimate of drug-likeness (QED) is 0.591. The van der Waals surface area contributed by atoms with Gasteiger partial charge in [0.1, 0.15) is 0 Å². The second-order valence-corrected chi connectivity index (χ2v) is 11.0. The number of fused-ring (bicyclic) bond motifs is 5. The van der Waals surface area contributed by atoms with Crippen LogP contribution in [-0.2, 0) is 4.79 Å². The van der Waals surface area contributed by atoms with E-state index >= 15 is 0 Å². The van der Waals surface area contributed by atoms with Gasteiger partial charge < -0.3 is 0 Å². The fourth-order valence-corrected chi connectivity index (χ4v) is 7.51. The lowest BCUT2D eigenvalue weighted by molar-refractivity contribution is -0.119. The van der Waals surface area contributed by atoms with Crippen molar-refractivity contribution in [3.05, 3.63) is 11.1 Å². The minimum Gasteiger partial charge on any atom is -0.295 e. The first kappa shape index (κ1) is 18.3. The summed E-state index contributed by atoms with van der Waals surface area (Å²) in [6.45, 7) is 8.99. The summed E-state index contributed by atoms with van der Waals surface area (Å²) in [5.41, 5.74) is 2.86. The second kappa shape index (κ2) is 5.95. The lowest BCUT2D eigenvalue weighted by atomic mass is 9.46. The van der Waals surface area contributed by atoms with Gasteiger partial charge in [-0.15, -0.1) is 0 Å². The molecule has 5 unspecified atom stereocenters. The highest BCUT2D eigenvalue weighted by molar-refractivity contribution is 5.97. The van der Waals surface area contributed by atoms with Crippen LogP contribution < -0.4 is 0 Å². The van der Waals surface area contributed by atoms with E-state index in [4.69, 9.17) is 0 Å². The van der Waals surface area contributed by atoms with Crippen molar-refractivity contribution >= 4 is 5.78 Å². The van der Waals surface area contributed by atoms with Gasteiger partial charge in [0.2, 0.25) is 0 Å². The van der Waals surface area contributed by atoms with Crippen molar-refractivity contribution in [2.75, 3.05) is 0 Å². The zero-order valence-electron chi connectivity index (χ0n) is 17.2. The highest BCUT2D eigenvalue weighted by Gasteiger charge is 2.57. The Kier molecular flexibility index (Phi) is 4.18. The van der Waals surface area contributed by atoms with Crippen molar-refractivity contribution in [1.29, 1.82) is 5.26 Å². The topological polar surface area (TPSA) is 40.9 Å². The van der Waals surface area contributed by atoms with Gasteiger partial charge in [0, 0.05) is 6.42 Å². The molecule has 26 heavy (non-hydrogen) atoms. The predicted molar refractivity (Wildman–Crippen MR) is 104 cm³/mol. The minimum absolute atomic E-state index is 0.210. The molecule has 5 atom stereocenters. The second-order valence-electron chi connectivity index (χ2n) is 11.0. The molecule has 2 nitrogen and oxygen atoms in total. The molecule has 0 aliphatic heterocycles. The van der Waals surface area contributed by atoms with Crippen LogP contribution in [0.25, 0.3) is 0 Å². The number of nitrogens with zero attached hydrogens (tertiary/aromatic N) is 1. The Morgan fingerprint density at radius 2 is 1.85 bits per heavy atom. The van der Waals surface area contributed by atoms with Crippen LogP contribution in [0.3, 0.4) is 0 Å². The van der Waals surface area contributed by atoms with E-state index in [0.29, 0.717) is 24.0 Å². The van der Waals surface area contributed by atoms with Gasteiger partial charge >= 0.3 is 0 Å². The van der Waals surface area contributed by atoms with Gasteiger partial charge in [-0.3, -0.25) is 4.79 Å². The number of Topliss-reactive ketones (excluding diaryl/α,β-unsaturated/α-hetero) is 1. The monoisotopic (exact) mass is 353 g/mol. The van der Waals surface area contributed by atoms with Crippen molar-refractivity contribution < 1.29 is 4.79 Å². The highest BCUT2D eigenvalue weighted by Crippen LogP contribution is 2.66. The molecule has 0 aromatic carbocycles. The zero-order chi connectivity index (χ0) is 18.7. The van der Waals surface area contributed by atoms with E-state index in [-0.39, 0.29) is 5.41 Å². The molecule has 0 amide bonds. The van der Waals surface area contributed by atoms with E-state index in [1.807, 2.05) is 13.8 Å². The molecule has 142 valence electrons. The van der Waals surface area contributed by atoms with E-state index in [9.17, 15) is 10.1 Å². The summed E-state index contributed by atoms with van der Waals surface area (Å²) in [6, 6.07) is 2.42. The van der Waals surface area contributed by atoms with Gasteiger partial charge in [-0.2, -0.15) is 5.26 Å². The molecule has 0 N–H and O–H groups in total. The van der Waals surface area contributed by atoms with E-state index in [2.05, 4.69) is 19.9 Å². The molecule has 0 heterocycles. The molecule has 0 aromatic rings. The average molecular weight is 354 g/mol. The van der Waals surface area contributed by atoms with Crippen LogP contribution in [0.15, 0.2) is 11.1 Å². The summed E-state index contributed by atoms with van der Waals surface area (Å²) < 4.78 is 0. The molecule has 3 saturated carbocycles. The zero-order valence-corrected chi connectivity index (χ0v) is 17.2. The Hall–Kier alpha value is -1.10. The summed E-state index contributed by atoms with van der Waals surface area (Å²) in [7, 11) is 0. The maximum absolute atomic E-state index is 12.8. The summed E-state index contributed by atoms with van der Waals surface area (Å²) in [5, 5.41) is 9.51. The summed E-state index contributed by atoms with van der Waals surface area (Å²) >= 11 is 0. The highest BCUT2D eigenvalue weighted by atomic mass is 16.1. The minimum atomic E-state index is -0.441. The number of carbonyl (C=O) groups excluding carboxylic acids is 1. The van der Waals surface area contributed by atoms with Gasteiger partial charge in [-0.25, -0.2) is 0 Å². The Balaban J connectivity index is 1.71. The first-order valence-corrected chi connectivity index (χ1v) is 10.9. The molecule has 0 spiro atoms. The van der Waals surface area contributed by atoms with Crippen molar-refractivity contribution in [3.8, 4) is 6.07 Å². The van der Waals surface area contributed by atoms with E-state index in [1.54, 1.807) is 0 Å². The van der Waals surface area contributed by atoms with Gasteiger partial charge in [0.25, 0.3) is 0 Å². The fraction of sp³-hybridized carbons (Fsp3) is 0.833. The van der Waals surface area contributed by atoms with Crippen LogP contribution in [0.5, 0.6) is 0 Å². The molecule has 0 aromatic heterocycles. The van der Waals surface area contributed by atoms with Crippen LogP contribution >= 0.6 is 0 Å². The van der Waals surface area contributed by atoms with Gasteiger partial charge in [-0.1, -0.05) is 25.8 Å². The van der Waals surface area contributed by atoms with Crippen LogP contribution in [0, 0.1) is 45.3 Å². The number of ketones is 1. The Morgan fingerprint density at radius 1 is 1.08 bits per heavy atom. The van der Waals surface area contributed by atoms with Crippen molar-refractivity contribution in [1.82, 2.24) is 0 Å². The standard InChI is InChI=1S/C24H35NO/c1-22(2,15-25)14-17-19-8-7-16-18-6-5-11-23(18,3)12-9-20(16)24(19,4)13-10-21(17)26/h16,18,20H,5-14H2,1-4H3. The maximum atomic E-state index is 12.8. The van der Waals surface area contributed by atoms with Gasteiger partial charge in [0.05, 0.1) is 11.5 Å². The van der Waals surface area contributed by atoms with Crippen LogP contribution in [-0.4, -0.2) is 5.78 Å². The number of allylic oxidation sites excluding steroid dienone is 1. The number of hydrogen-bond acceptors (Lipinski definition) is 2. The van der Waals surface area contributed by atoms with Gasteiger partial charge in [-0.05, 0) is 99.4 Å². The summed E-state index contributed by atoms with van der Waals surface area (Å²) in [6.07, 6.45) is 11.8. The average Bonchev–Trinajstić information content (AvgIpc) is 2.99. The van der Waals surface area contributed by atoms with E-state index < -0.39 is 5.41 Å². The fourth-order valence-electron chi connectivity index (χ4n) is 7.51. The van der Waals surface area contributed by atoms with Crippen LogP contribution in [0.2, 0.25) is 0 Å². The Labute approximate surface area is 159 Å². The van der Waals surface area contributed by atoms with Crippen molar-refractivity contribution in [3.63, 3.8) is 0 Å². The molecule has 0 radical (unpaired) electrons. The third-order valence-corrected chi connectivity index (χ3v) is 8.95. The van der Waals surface area contributed by atoms with Crippen molar-refractivity contribution in [2.24, 2.45) is 34.0 Å². The molecular formula is C24H35NO. The number of rotatable bonds is 2. The Morgan fingerprint density at radius 3 is 2.58 bits per heavy atom. The molecule has 4 aliphatic rings. The first-order chi connectivity index (χ1) is 12.2. The van der Waals surface area contributed by atoms with E-state index in [0.717, 1.165) is 36.2 Å². The Bertz CT molecular complexity index is 695. The summed E-state index contributed by atoms with van der Waals surface area (Å²) in [5.74, 6) is 2.87. The molecule has 0 bridgehead atoms. The molecule has 2 heteroatoms. The lowest BCUT2D eigenvalue weighted by Gasteiger charge is -2.58.